The second-order valence-electron chi connectivity index (χ2n) is 6.02. The fraction of sp³-hybridized carbons (Fsp3) is 0.353. The van der Waals surface area contributed by atoms with E-state index in [4.69, 9.17) is 20.4 Å². The summed E-state index contributed by atoms with van der Waals surface area (Å²) in [6.45, 7) is 0.433. The lowest BCUT2D eigenvalue weighted by atomic mass is 10.1. The van der Waals surface area contributed by atoms with Crippen LogP contribution in [0.1, 0.15) is 30.3 Å². The number of nitrogens with one attached hydrogen (secondary N) is 2. The third-order valence-corrected chi connectivity index (χ3v) is 3.38. The number of nitrogens with two attached hydrogens (primary N) is 2. The average molecular weight is 424 g/mol. The number of carbonyl (C=O) groups excluding carboxylic acids is 2. The topological polar surface area (TPSA) is 227 Å². The molecule has 1 aromatic heterocycles. The van der Waals surface area contributed by atoms with Gasteiger partial charge >= 0.3 is 12.0 Å². The molecular formula is C17H24N6O7. The Bertz CT molecular complexity index is 835. The molecule has 0 aliphatic rings. The predicted molar refractivity (Wildman–Crippen MR) is 102 cm³/mol. The number of aliphatic hydroxyl groups excluding tert-OH is 1. The second kappa shape index (κ2) is 12.0. The van der Waals surface area contributed by atoms with Crippen LogP contribution in [0.4, 0.5) is 4.79 Å². The van der Waals surface area contributed by atoms with Gasteiger partial charge in [0.1, 0.15) is 5.75 Å². The molecule has 30 heavy (non-hydrogen) atoms. The van der Waals surface area contributed by atoms with E-state index in [2.05, 4.69) is 26.6 Å². The molecule has 2 rings (SSSR count). The van der Waals surface area contributed by atoms with Crippen LogP contribution in [0.15, 0.2) is 28.7 Å². The van der Waals surface area contributed by atoms with Crippen LogP contribution < -0.4 is 22.1 Å². The number of hydrogen-bond donors (Lipinski definition) is 7. The zero-order chi connectivity index (χ0) is 22.7. The number of carboxylic acid groups (broad SMARTS) is 1. The highest BCUT2D eigenvalue weighted by Crippen LogP contribution is 2.17. The summed E-state index contributed by atoms with van der Waals surface area (Å²) >= 11 is 0. The molecule has 1 aromatic carbocycles. The van der Waals surface area contributed by atoms with E-state index in [0.29, 0.717) is 6.42 Å². The molecule has 2 unspecified atom stereocenters. The molecule has 13 nitrogen and oxygen atoms in total. The average Bonchev–Trinajstić information content (AvgIpc) is 3.15. The number of nitrogens with zero attached hydrogens (tertiary/aromatic N) is 2. The van der Waals surface area contributed by atoms with Gasteiger partial charge in [0, 0.05) is 6.92 Å². The fourth-order valence-corrected chi connectivity index (χ4v) is 2.01. The van der Waals surface area contributed by atoms with Crippen molar-refractivity contribution in [2.75, 3.05) is 6.61 Å². The number of hydrogen-bond acceptors (Lipinski definition) is 9. The third kappa shape index (κ3) is 8.99. The van der Waals surface area contributed by atoms with Gasteiger partial charge in [-0.1, -0.05) is 12.1 Å². The molecule has 0 aliphatic carbocycles. The van der Waals surface area contributed by atoms with Crippen LogP contribution in [0.2, 0.25) is 0 Å². The standard InChI is InChI=1S/C15H19N5O6.C2H5NO/c16-10(5-8-1-3-9(22)4-2-8)13-20-19-12(26-13)6-17-15(25)18-11(7-21)14(23)24;1-2(3)4/h1-4,10-11,21-22H,5-7,16H2,(H,23,24)(H2,17,18,25);1H3,(H2,3,4). The second-order valence-corrected chi connectivity index (χ2v) is 6.02. The van der Waals surface area contributed by atoms with Crippen LogP contribution in [0, 0.1) is 0 Å². The summed E-state index contributed by atoms with van der Waals surface area (Å²) in [7, 11) is 0. The Balaban J connectivity index is 0.00000103. The zero-order valence-corrected chi connectivity index (χ0v) is 16.1. The van der Waals surface area contributed by atoms with Gasteiger partial charge in [0.15, 0.2) is 6.04 Å². The van der Waals surface area contributed by atoms with Crippen LogP contribution in [-0.2, 0) is 22.6 Å². The Kier molecular flexibility index (Phi) is 9.72. The number of phenolic OH excluding ortho intramolecular Hbond substituents is 1. The van der Waals surface area contributed by atoms with Gasteiger partial charge in [0.2, 0.25) is 17.7 Å². The number of carbonyl (C=O) groups is 3. The highest BCUT2D eigenvalue weighted by molar-refractivity contribution is 5.82. The molecule has 0 fully saturated rings. The number of aliphatic carboxylic acids is 1. The van der Waals surface area contributed by atoms with Crippen molar-refractivity contribution >= 4 is 17.9 Å². The minimum atomic E-state index is -1.41. The van der Waals surface area contributed by atoms with E-state index in [-0.39, 0.29) is 30.0 Å². The molecule has 0 saturated carbocycles. The number of primary amides is 1. The maximum atomic E-state index is 11.6. The van der Waals surface area contributed by atoms with Crippen molar-refractivity contribution < 1.29 is 34.1 Å². The van der Waals surface area contributed by atoms with Gasteiger partial charge in [0.25, 0.3) is 0 Å². The van der Waals surface area contributed by atoms with Crippen LogP contribution in [0.3, 0.4) is 0 Å². The molecule has 0 bridgehead atoms. The summed E-state index contributed by atoms with van der Waals surface area (Å²) in [5, 5.41) is 38.8. The highest BCUT2D eigenvalue weighted by atomic mass is 16.4. The number of aliphatic hydroxyl groups is 1. The maximum Gasteiger partial charge on any atom is 0.328 e. The Morgan fingerprint density at radius 2 is 1.80 bits per heavy atom. The lowest BCUT2D eigenvalue weighted by molar-refractivity contribution is -0.140. The Labute approximate surface area is 171 Å². The number of aromatic nitrogens is 2. The quantitative estimate of drug-likeness (QED) is 0.266. The van der Waals surface area contributed by atoms with E-state index >= 15 is 0 Å². The normalized spacial score (nSPS) is 12.1. The van der Waals surface area contributed by atoms with Gasteiger partial charge in [-0.15, -0.1) is 10.2 Å². The number of urea groups is 1. The van der Waals surface area contributed by atoms with E-state index in [0.717, 1.165) is 5.56 Å². The molecular weight excluding hydrogens is 400 g/mol. The zero-order valence-electron chi connectivity index (χ0n) is 16.1. The first-order valence-electron chi connectivity index (χ1n) is 8.62. The lowest BCUT2D eigenvalue weighted by Crippen LogP contribution is -2.47. The fourth-order valence-electron chi connectivity index (χ4n) is 2.01. The molecule has 3 amide bonds. The van der Waals surface area contributed by atoms with E-state index in [1.807, 2.05) is 0 Å². The molecule has 0 aliphatic heterocycles. The summed E-state index contributed by atoms with van der Waals surface area (Å²) in [6.07, 6.45) is 0.409. The first-order chi connectivity index (χ1) is 14.1. The Morgan fingerprint density at radius 1 is 1.20 bits per heavy atom. The molecule has 1 heterocycles. The monoisotopic (exact) mass is 424 g/mol. The molecule has 0 spiro atoms. The number of rotatable bonds is 8. The van der Waals surface area contributed by atoms with Gasteiger partial charge in [0.05, 0.1) is 19.2 Å². The highest BCUT2D eigenvalue weighted by Gasteiger charge is 2.19. The number of phenols is 1. The summed E-state index contributed by atoms with van der Waals surface area (Å²) < 4.78 is 5.37. The SMILES string of the molecule is CC(N)=O.NC(Cc1ccc(O)cc1)c1nnc(CNC(=O)NC(CO)C(=O)O)o1. The van der Waals surface area contributed by atoms with Crippen LogP contribution in [-0.4, -0.2) is 56.1 Å². The van der Waals surface area contributed by atoms with Gasteiger partial charge in [-0.05, 0) is 24.1 Å². The summed E-state index contributed by atoms with van der Waals surface area (Å²) in [5.74, 6) is -1.28. The molecule has 2 aromatic rings. The summed E-state index contributed by atoms with van der Waals surface area (Å²) in [6, 6.07) is 3.74. The van der Waals surface area contributed by atoms with E-state index in [1.54, 1.807) is 24.3 Å². The van der Waals surface area contributed by atoms with E-state index < -0.39 is 30.7 Å². The molecule has 2 atom stereocenters. The molecule has 0 radical (unpaired) electrons. The van der Waals surface area contributed by atoms with Crippen molar-refractivity contribution in [1.82, 2.24) is 20.8 Å². The van der Waals surface area contributed by atoms with Crippen LogP contribution >= 0.6 is 0 Å². The van der Waals surface area contributed by atoms with Gasteiger partial charge < -0.3 is 41.8 Å². The molecule has 164 valence electrons. The predicted octanol–water partition coefficient (Wildman–Crippen LogP) is -1.25. The summed E-state index contributed by atoms with van der Waals surface area (Å²) in [5.41, 5.74) is 11.3. The van der Waals surface area contributed by atoms with Crippen molar-refractivity contribution in [2.45, 2.75) is 32.0 Å². The van der Waals surface area contributed by atoms with Gasteiger partial charge in [-0.25, -0.2) is 9.59 Å². The van der Waals surface area contributed by atoms with E-state index in [9.17, 15) is 19.5 Å². The van der Waals surface area contributed by atoms with E-state index in [1.165, 1.54) is 6.92 Å². The molecule has 9 N–H and O–H groups in total. The molecule has 0 saturated heterocycles. The van der Waals surface area contributed by atoms with Crippen molar-refractivity contribution in [3.63, 3.8) is 0 Å². The number of carboxylic acids is 1. The Hall–Kier alpha value is -3.71. The minimum absolute atomic E-state index is 0.0900. The lowest BCUT2D eigenvalue weighted by Gasteiger charge is -2.11. The van der Waals surface area contributed by atoms with Crippen LogP contribution in [0.5, 0.6) is 5.75 Å². The van der Waals surface area contributed by atoms with Crippen molar-refractivity contribution in [1.29, 1.82) is 0 Å². The molecule has 13 heteroatoms. The summed E-state index contributed by atoms with van der Waals surface area (Å²) in [4.78, 5) is 31.5. The Morgan fingerprint density at radius 3 is 2.33 bits per heavy atom. The van der Waals surface area contributed by atoms with Crippen molar-refractivity contribution in [3.8, 4) is 5.75 Å². The third-order valence-electron chi connectivity index (χ3n) is 3.38. The van der Waals surface area contributed by atoms with Gasteiger partial charge in [-0.2, -0.15) is 0 Å². The largest absolute Gasteiger partial charge is 0.508 e. The van der Waals surface area contributed by atoms with Crippen LogP contribution in [0.25, 0.3) is 0 Å². The van der Waals surface area contributed by atoms with Crippen molar-refractivity contribution in [3.05, 3.63) is 41.6 Å². The first kappa shape index (κ1) is 24.3. The number of benzene rings is 1. The minimum Gasteiger partial charge on any atom is -0.508 e. The maximum absolute atomic E-state index is 11.6. The van der Waals surface area contributed by atoms with Gasteiger partial charge in [-0.3, -0.25) is 4.79 Å². The smallest absolute Gasteiger partial charge is 0.328 e. The number of amides is 3. The first-order valence-corrected chi connectivity index (χ1v) is 8.62. The number of aromatic hydroxyl groups is 1. The van der Waals surface area contributed by atoms with Crippen molar-refractivity contribution in [2.24, 2.45) is 11.5 Å².